The highest BCUT2D eigenvalue weighted by molar-refractivity contribution is 6.31. The number of halogens is 1. The van der Waals surface area contributed by atoms with Crippen LogP contribution in [0.3, 0.4) is 0 Å². The third-order valence-electron chi connectivity index (χ3n) is 3.21. The topological polar surface area (TPSA) is 44.1 Å². The van der Waals surface area contributed by atoms with E-state index in [0.717, 1.165) is 22.7 Å². The molecule has 1 aromatic heterocycles. The summed E-state index contributed by atoms with van der Waals surface area (Å²) in [5.74, 6) is 0.787. The van der Waals surface area contributed by atoms with Crippen LogP contribution >= 0.6 is 11.6 Å². The van der Waals surface area contributed by atoms with Gasteiger partial charge in [0, 0.05) is 12.6 Å². The molecule has 20 heavy (non-hydrogen) atoms. The number of aromatic nitrogens is 2. The Balaban J connectivity index is 2.17. The molecule has 106 valence electrons. The first-order valence-electron chi connectivity index (χ1n) is 6.32. The molecule has 2 rings (SSSR count). The molecule has 0 aliphatic carbocycles. The third kappa shape index (κ3) is 2.85. The van der Waals surface area contributed by atoms with Crippen molar-refractivity contribution in [2.24, 2.45) is 7.05 Å². The maximum Gasteiger partial charge on any atom is 0.159 e. The molecule has 0 saturated carbocycles. The molecule has 0 aliphatic rings. The number of hydrogen-bond acceptors (Lipinski definition) is 3. The zero-order valence-corrected chi connectivity index (χ0v) is 12.8. The Bertz CT molecular complexity index is 662. The zero-order valence-electron chi connectivity index (χ0n) is 12.0. The molecule has 0 radical (unpaired) electrons. The van der Waals surface area contributed by atoms with Crippen molar-refractivity contribution in [2.75, 3.05) is 0 Å². The number of ether oxygens (including phenoxy) is 1. The van der Waals surface area contributed by atoms with Crippen LogP contribution < -0.4 is 4.74 Å². The van der Waals surface area contributed by atoms with Crippen LogP contribution in [0, 0.1) is 13.8 Å². The van der Waals surface area contributed by atoms with E-state index >= 15 is 0 Å². The number of nitrogens with zero attached hydrogens (tertiary/aromatic N) is 2. The number of hydrogen-bond donors (Lipinski definition) is 0. The first-order chi connectivity index (χ1) is 9.40. The summed E-state index contributed by atoms with van der Waals surface area (Å²) in [6, 6.07) is 5.40. The Morgan fingerprint density at radius 1 is 1.40 bits per heavy atom. The minimum absolute atomic E-state index is 0.0463. The van der Waals surface area contributed by atoms with Crippen molar-refractivity contribution in [3.05, 3.63) is 45.7 Å². The van der Waals surface area contributed by atoms with E-state index in [-0.39, 0.29) is 5.78 Å². The molecule has 0 N–H and O–H groups in total. The molecule has 1 aromatic carbocycles. The first kappa shape index (κ1) is 14.6. The Morgan fingerprint density at radius 3 is 2.60 bits per heavy atom. The average molecular weight is 293 g/mol. The fraction of sp³-hybridized carbons (Fsp3) is 0.333. The SMILES string of the molecule is CC(=O)c1ccc(OCc2c(Cl)c(C)nn2C)c(C)c1. The van der Waals surface area contributed by atoms with Crippen molar-refractivity contribution in [3.63, 3.8) is 0 Å². The van der Waals surface area contributed by atoms with Gasteiger partial charge in [-0.15, -0.1) is 0 Å². The highest BCUT2D eigenvalue weighted by atomic mass is 35.5. The van der Waals surface area contributed by atoms with Crippen LogP contribution in [-0.2, 0) is 13.7 Å². The van der Waals surface area contributed by atoms with Crippen molar-refractivity contribution in [1.29, 1.82) is 0 Å². The van der Waals surface area contributed by atoms with Crippen LogP contribution in [0.5, 0.6) is 5.75 Å². The van der Waals surface area contributed by atoms with E-state index in [9.17, 15) is 4.79 Å². The Kier molecular flexibility index (Phi) is 4.14. The standard InChI is InChI=1S/C15H17ClN2O2/c1-9-7-12(11(3)19)5-6-14(9)20-8-13-15(16)10(2)17-18(13)4/h5-7H,8H2,1-4H3. The summed E-state index contributed by atoms with van der Waals surface area (Å²) < 4.78 is 7.50. The van der Waals surface area contributed by atoms with Crippen LogP contribution in [0.15, 0.2) is 18.2 Å². The monoisotopic (exact) mass is 292 g/mol. The summed E-state index contributed by atoms with van der Waals surface area (Å²) in [6.45, 7) is 5.67. The average Bonchev–Trinajstić information content (AvgIpc) is 2.62. The lowest BCUT2D eigenvalue weighted by molar-refractivity contribution is 0.101. The molecule has 0 bridgehead atoms. The largest absolute Gasteiger partial charge is 0.487 e. The summed E-state index contributed by atoms with van der Waals surface area (Å²) >= 11 is 6.18. The number of rotatable bonds is 4. The lowest BCUT2D eigenvalue weighted by Gasteiger charge is -2.10. The molecule has 0 saturated heterocycles. The number of Topliss-reactive ketones (excluding diaryl/α,β-unsaturated/α-hetero) is 1. The zero-order chi connectivity index (χ0) is 14.9. The van der Waals surface area contributed by atoms with Gasteiger partial charge in [0.2, 0.25) is 0 Å². The van der Waals surface area contributed by atoms with Crippen molar-refractivity contribution in [1.82, 2.24) is 9.78 Å². The molecule has 1 heterocycles. The van der Waals surface area contributed by atoms with Crippen molar-refractivity contribution >= 4 is 17.4 Å². The minimum Gasteiger partial charge on any atom is -0.487 e. The highest BCUT2D eigenvalue weighted by Crippen LogP contribution is 2.24. The molecule has 0 unspecified atom stereocenters. The van der Waals surface area contributed by atoms with Gasteiger partial charge in [0.05, 0.1) is 16.4 Å². The van der Waals surface area contributed by atoms with E-state index in [0.29, 0.717) is 17.2 Å². The van der Waals surface area contributed by atoms with Gasteiger partial charge in [0.25, 0.3) is 0 Å². The summed E-state index contributed by atoms with van der Waals surface area (Å²) in [5.41, 5.74) is 3.23. The van der Waals surface area contributed by atoms with Gasteiger partial charge in [-0.3, -0.25) is 9.48 Å². The van der Waals surface area contributed by atoms with Gasteiger partial charge in [0.15, 0.2) is 5.78 Å². The number of ketones is 1. The maximum absolute atomic E-state index is 11.3. The molecule has 0 fully saturated rings. The van der Waals surface area contributed by atoms with Crippen molar-refractivity contribution < 1.29 is 9.53 Å². The highest BCUT2D eigenvalue weighted by Gasteiger charge is 2.12. The number of benzene rings is 1. The van der Waals surface area contributed by atoms with Gasteiger partial charge in [-0.1, -0.05) is 11.6 Å². The van der Waals surface area contributed by atoms with Gasteiger partial charge in [0.1, 0.15) is 12.4 Å². The molecule has 0 spiro atoms. The van der Waals surface area contributed by atoms with Crippen LogP contribution in [0.25, 0.3) is 0 Å². The summed E-state index contributed by atoms with van der Waals surface area (Å²) in [7, 11) is 1.84. The van der Waals surface area contributed by atoms with Crippen molar-refractivity contribution in [2.45, 2.75) is 27.4 Å². The molecular formula is C15H17ClN2O2. The molecule has 5 heteroatoms. The maximum atomic E-state index is 11.3. The smallest absolute Gasteiger partial charge is 0.159 e. The molecular weight excluding hydrogens is 276 g/mol. The predicted octanol–water partition coefficient (Wildman–Crippen LogP) is 3.47. The second-order valence-corrected chi connectivity index (χ2v) is 5.17. The fourth-order valence-electron chi connectivity index (χ4n) is 2.01. The molecule has 2 aromatic rings. The van der Waals surface area contributed by atoms with E-state index in [1.807, 2.05) is 33.0 Å². The van der Waals surface area contributed by atoms with E-state index in [4.69, 9.17) is 16.3 Å². The van der Waals surface area contributed by atoms with E-state index in [1.54, 1.807) is 17.7 Å². The van der Waals surface area contributed by atoms with Gasteiger partial charge in [-0.05, 0) is 44.5 Å². The van der Waals surface area contributed by atoms with E-state index in [2.05, 4.69) is 5.10 Å². The van der Waals surface area contributed by atoms with Crippen LogP contribution in [0.2, 0.25) is 5.02 Å². The second kappa shape index (κ2) is 5.67. The molecule has 0 aliphatic heterocycles. The summed E-state index contributed by atoms with van der Waals surface area (Å²) in [4.78, 5) is 11.3. The minimum atomic E-state index is 0.0463. The Hall–Kier alpha value is -1.81. The lowest BCUT2D eigenvalue weighted by atomic mass is 10.1. The fourth-order valence-corrected chi connectivity index (χ4v) is 2.23. The molecule has 4 nitrogen and oxygen atoms in total. The first-order valence-corrected chi connectivity index (χ1v) is 6.70. The Morgan fingerprint density at radius 2 is 2.10 bits per heavy atom. The van der Waals surface area contributed by atoms with Gasteiger partial charge in [-0.2, -0.15) is 5.10 Å². The van der Waals surface area contributed by atoms with Crippen LogP contribution in [-0.4, -0.2) is 15.6 Å². The molecule has 0 atom stereocenters. The predicted molar refractivity (Wildman–Crippen MR) is 78.5 cm³/mol. The van der Waals surface area contributed by atoms with Crippen molar-refractivity contribution in [3.8, 4) is 5.75 Å². The summed E-state index contributed by atoms with van der Waals surface area (Å²) in [5, 5.41) is 4.87. The number of carbonyl (C=O) groups is 1. The van der Waals surface area contributed by atoms with Gasteiger partial charge >= 0.3 is 0 Å². The molecule has 0 amide bonds. The number of aryl methyl sites for hydroxylation is 3. The van der Waals surface area contributed by atoms with Gasteiger partial charge in [-0.25, -0.2) is 0 Å². The quantitative estimate of drug-likeness (QED) is 0.811. The lowest BCUT2D eigenvalue weighted by Crippen LogP contribution is -2.04. The second-order valence-electron chi connectivity index (χ2n) is 4.79. The normalized spacial score (nSPS) is 10.7. The van der Waals surface area contributed by atoms with Crippen LogP contribution in [0.1, 0.15) is 34.2 Å². The summed E-state index contributed by atoms with van der Waals surface area (Å²) in [6.07, 6.45) is 0. The van der Waals surface area contributed by atoms with E-state index < -0.39 is 0 Å². The third-order valence-corrected chi connectivity index (χ3v) is 3.70. The Labute approximate surface area is 123 Å². The van der Waals surface area contributed by atoms with Crippen LogP contribution in [0.4, 0.5) is 0 Å². The van der Waals surface area contributed by atoms with E-state index in [1.165, 1.54) is 0 Å². The van der Waals surface area contributed by atoms with Gasteiger partial charge < -0.3 is 4.74 Å². The number of carbonyl (C=O) groups excluding carboxylic acids is 1.